The molecule has 8 heteroatoms. The number of hydrogen-bond acceptors (Lipinski definition) is 6. The molecule has 0 saturated carbocycles. The van der Waals surface area contributed by atoms with Crippen LogP contribution in [0, 0.1) is 5.92 Å². The number of anilines is 1. The van der Waals surface area contributed by atoms with Crippen LogP contribution in [0.1, 0.15) is 50.0 Å². The molecule has 0 radical (unpaired) electrons. The Labute approximate surface area is 187 Å². The molecule has 1 aromatic heterocycles. The van der Waals surface area contributed by atoms with Gasteiger partial charge in [0.1, 0.15) is 12.4 Å². The number of aryl methyl sites for hydroxylation is 1. The maximum absolute atomic E-state index is 12.2. The summed E-state index contributed by atoms with van der Waals surface area (Å²) < 4.78 is 11.5. The predicted molar refractivity (Wildman–Crippen MR) is 121 cm³/mol. The van der Waals surface area contributed by atoms with E-state index < -0.39 is 0 Å². The van der Waals surface area contributed by atoms with E-state index >= 15 is 0 Å². The van der Waals surface area contributed by atoms with E-state index in [0.717, 1.165) is 54.0 Å². The van der Waals surface area contributed by atoms with Crippen molar-refractivity contribution in [3.8, 4) is 5.75 Å². The largest absolute Gasteiger partial charge is 0.493 e. The van der Waals surface area contributed by atoms with Gasteiger partial charge in [-0.3, -0.25) is 9.78 Å². The van der Waals surface area contributed by atoms with Crippen molar-refractivity contribution in [3.05, 3.63) is 40.3 Å². The van der Waals surface area contributed by atoms with Crippen LogP contribution in [0.4, 0.5) is 10.5 Å². The highest BCUT2D eigenvalue weighted by molar-refractivity contribution is 7.09. The summed E-state index contributed by atoms with van der Waals surface area (Å²) in [6.45, 7) is 5.98. The first-order valence-corrected chi connectivity index (χ1v) is 11.8. The van der Waals surface area contributed by atoms with Crippen molar-refractivity contribution in [2.24, 2.45) is 5.92 Å². The number of likely N-dealkylation sites (tertiary alicyclic amines) is 1. The fourth-order valence-electron chi connectivity index (χ4n) is 3.72. The van der Waals surface area contributed by atoms with Crippen LogP contribution in [0.5, 0.6) is 5.75 Å². The molecule has 31 heavy (non-hydrogen) atoms. The Morgan fingerprint density at radius 1 is 1.29 bits per heavy atom. The Morgan fingerprint density at radius 2 is 2.10 bits per heavy atom. The third-order valence-corrected chi connectivity index (χ3v) is 6.14. The van der Waals surface area contributed by atoms with E-state index in [-0.39, 0.29) is 18.6 Å². The van der Waals surface area contributed by atoms with Gasteiger partial charge in [0.15, 0.2) is 0 Å². The minimum atomic E-state index is -0.248. The first-order chi connectivity index (χ1) is 15.0. The molecule has 0 aliphatic carbocycles. The van der Waals surface area contributed by atoms with Crippen LogP contribution >= 0.6 is 11.3 Å². The normalized spacial score (nSPS) is 14.3. The highest BCUT2D eigenvalue weighted by Gasteiger charge is 2.24. The van der Waals surface area contributed by atoms with Crippen molar-refractivity contribution < 1.29 is 19.1 Å². The monoisotopic (exact) mass is 445 g/mol. The van der Waals surface area contributed by atoms with E-state index in [1.807, 2.05) is 18.2 Å². The maximum Gasteiger partial charge on any atom is 0.410 e. The van der Waals surface area contributed by atoms with Crippen LogP contribution in [-0.2, 0) is 22.6 Å². The van der Waals surface area contributed by atoms with E-state index in [1.165, 1.54) is 18.3 Å². The number of carbonyl (C=O) groups excluding carboxylic acids is 2. The van der Waals surface area contributed by atoms with E-state index in [4.69, 9.17) is 9.47 Å². The number of thiazole rings is 1. The summed E-state index contributed by atoms with van der Waals surface area (Å²) >= 11 is 1.49. The number of nitrogens with one attached hydrogen (secondary N) is 1. The smallest absolute Gasteiger partial charge is 0.410 e. The number of carbonyl (C=O) groups is 2. The molecule has 2 amide bonds. The standard InChI is InChI=1S/C23H31N3O4S/c1-3-4-19-5-6-20(25-17(2)27)13-22(19)29-12-9-18-7-10-26(11-8-18)23(28)30-15-21-14-24-16-31-21/h5-6,13-14,16,18H,3-4,7-12,15H2,1-2H3,(H,25,27). The van der Waals surface area contributed by atoms with Crippen molar-refractivity contribution >= 4 is 29.0 Å². The maximum atomic E-state index is 12.2. The number of hydrogen-bond donors (Lipinski definition) is 1. The molecule has 1 N–H and O–H groups in total. The second-order valence-corrected chi connectivity index (χ2v) is 8.81. The third-order valence-electron chi connectivity index (χ3n) is 5.38. The topological polar surface area (TPSA) is 80.8 Å². The summed E-state index contributed by atoms with van der Waals surface area (Å²) in [4.78, 5) is 30.3. The fraction of sp³-hybridized carbons (Fsp3) is 0.522. The number of amides is 2. The molecule has 1 aliphatic heterocycles. The minimum Gasteiger partial charge on any atom is -0.493 e. The molecule has 1 aliphatic rings. The lowest BCUT2D eigenvalue weighted by Crippen LogP contribution is -2.39. The zero-order valence-corrected chi connectivity index (χ0v) is 19.1. The van der Waals surface area contributed by atoms with Gasteiger partial charge in [-0.1, -0.05) is 19.4 Å². The number of nitrogens with zero attached hydrogens (tertiary/aromatic N) is 2. The van der Waals surface area contributed by atoms with Gasteiger partial charge in [0.05, 0.1) is 17.0 Å². The molecule has 0 spiro atoms. The van der Waals surface area contributed by atoms with Crippen LogP contribution in [-0.4, -0.2) is 41.6 Å². The van der Waals surface area contributed by atoms with Crippen molar-refractivity contribution in [1.82, 2.24) is 9.88 Å². The Hall–Kier alpha value is -2.61. The number of benzene rings is 1. The summed E-state index contributed by atoms with van der Waals surface area (Å²) in [5.74, 6) is 1.28. The van der Waals surface area contributed by atoms with Crippen LogP contribution in [0.2, 0.25) is 0 Å². The van der Waals surface area contributed by atoms with Crippen LogP contribution < -0.4 is 10.1 Å². The second-order valence-electron chi connectivity index (χ2n) is 7.84. The van der Waals surface area contributed by atoms with Crippen molar-refractivity contribution in [3.63, 3.8) is 0 Å². The van der Waals surface area contributed by atoms with Gasteiger partial charge in [0.2, 0.25) is 5.91 Å². The second kappa shape index (κ2) is 11.7. The average molecular weight is 446 g/mol. The van der Waals surface area contributed by atoms with Gasteiger partial charge in [-0.15, -0.1) is 11.3 Å². The van der Waals surface area contributed by atoms with E-state index in [1.54, 1.807) is 16.6 Å². The van der Waals surface area contributed by atoms with Gasteiger partial charge in [-0.25, -0.2) is 4.79 Å². The lowest BCUT2D eigenvalue weighted by atomic mass is 9.94. The highest BCUT2D eigenvalue weighted by Crippen LogP contribution is 2.27. The Balaban J connectivity index is 1.42. The fourth-order valence-corrected chi connectivity index (χ4v) is 4.23. The van der Waals surface area contributed by atoms with Crippen molar-refractivity contribution in [2.45, 2.75) is 52.6 Å². The molecule has 2 aromatic rings. The number of rotatable bonds is 9. The summed E-state index contributed by atoms with van der Waals surface area (Å²) in [5.41, 5.74) is 3.65. The average Bonchev–Trinajstić information content (AvgIpc) is 3.28. The highest BCUT2D eigenvalue weighted by atomic mass is 32.1. The van der Waals surface area contributed by atoms with Gasteiger partial charge >= 0.3 is 6.09 Å². The molecule has 7 nitrogen and oxygen atoms in total. The lowest BCUT2D eigenvalue weighted by Gasteiger charge is -2.31. The Kier molecular flexibility index (Phi) is 8.70. The zero-order valence-electron chi connectivity index (χ0n) is 18.3. The molecule has 0 bridgehead atoms. The number of piperidine rings is 1. The molecule has 2 heterocycles. The molecular weight excluding hydrogens is 414 g/mol. The van der Waals surface area contributed by atoms with E-state index in [0.29, 0.717) is 25.6 Å². The Morgan fingerprint density at radius 3 is 2.77 bits per heavy atom. The molecule has 0 unspecified atom stereocenters. The first kappa shape index (κ1) is 23.1. The molecule has 1 saturated heterocycles. The molecule has 1 aromatic carbocycles. The zero-order chi connectivity index (χ0) is 22.1. The van der Waals surface area contributed by atoms with Crippen molar-refractivity contribution in [2.75, 3.05) is 25.0 Å². The van der Waals surface area contributed by atoms with Gasteiger partial charge in [0.25, 0.3) is 0 Å². The van der Waals surface area contributed by atoms with Crippen molar-refractivity contribution in [1.29, 1.82) is 0 Å². The summed E-state index contributed by atoms with van der Waals surface area (Å²) in [5, 5.41) is 2.82. The SMILES string of the molecule is CCCc1ccc(NC(C)=O)cc1OCCC1CCN(C(=O)OCc2cncs2)CC1. The quantitative estimate of drug-likeness (QED) is 0.595. The van der Waals surface area contributed by atoms with E-state index in [2.05, 4.69) is 17.2 Å². The van der Waals surface area contributed by atoms with Gasteiger partial charge in [-0.2, -0.15) is 0 Å². The molecule has 0 atom stereocenters. The number of ether oxygens (including phenoxy) is 2. The molecule has 3 rings (SSSR count). The van der Waals surface area contributed by atoms with Gasteiger partial charge in [-0.05, 0) is 43.2 Å². The van der Waals surface area contributed by atoms with Crippen LogP contribution in [0.3, 0.4) is 0 Å². The summed E-state index contributed by atoms with van der Waals surface area (Å²) in [6.07, 6.45) is 6.30. The summed E-state index contributed by atoms with van der Waals surface area (Å²) in [6, 6.07) is 5.86. The predicted octanol–water partition coefficient (Wildman–Crippen LogP) is 4.87. The number of aromatic nitrogens is 1. The Bertz CT molecular complexity index is 849. The van der Waals surface area contributed by atoms with Gasteiger partial charge < -0.3 is 19.7 Å². The summed E-state index contributed by atoms with van der Waals surface area (Å²) in [7, 11) is 0. The lowest BCUT2D eigenvalue weighted by molar-refractivity contribution is -0.114. The van der Waals surface area contributed by atoms with E-state index in [9.17, 15) is 9.59 Å². The third kappa shape index (κ3) is 7.24. The molecular formula is C23H31N3O4S. The van der Waals surface area contributed by atoms with Crippen LogP contribution in [0.25, 0.3) is 0 Å². The molecule has 1 fully saturated rings. The van der Waals surface area contributed by atoms with Crippen LogP contribution in [0.15, 0.2) is 29.9 Å². The van der Waals surface area contributed by atoms with Gasteiger partial charge in [0, 0.05) is 38.0 Å². The molecule has 168 valence electrons. The first-order valence-electron chi connectivity index (χ1n) is 10.9. The minimum absolute atomic E-state index is 0.0912.